The van der Waals surface area contributed by atoms with Crippen LogP contribution in [0.3, 0.4) is 0 Å². The number of nitrogens with zero attached hydrogens (tertiary/aromatic N) is 6. The van der Waals surface area contributed by atoms with Gasteiger partial charge in [0.2, 0.25) is 0 Å². The van der Waals surface area contributed by atoms with Gasteiger partial charge in [-0.25, -0.2) is 0 Å². The molecule has 17 rings (SSSR count). The number of nitrogens with two attached hydrogens (primary N) is 2. The van der Waals surface area contributed by atoms with Crippen molar-refractivity contribution in [3.8, 4) is 199 Å². The molecule has 0 amide bonds. The molecule has 1 aliphatic heterocycles. The van der Waals surface area contributed by atoms with Crippen molar-refractivity contribution in [2.75, 3.05) is 51.1 Å². The van der Waals surface area contributed by atoms with Gasteiger partial charge >= 0.3 is 22.7 Å². The molecular weight excluding hydrogens is 2150 g/mol. The van der Waals surface area contributed by atoms with Crippen molar-refractivity contribution in [2.45, 2.75) is 80.1 Å². The van der Waals surface area contributed by atoms with E-state index in [2.05, 4.69) is 242 Å². The van der Waals surface area contributed by atoms with Crippen LogP contribution in [0.25, 0.3) is 129 Å². The Morgan fingerprint density at radius 2 is 0.451 bits per heavy atom. The molecule has 4 N–H and O–H groups in total. The summed E-state index contributed by atoms with van der Waals surface area (Å²) >= 11 is 12.4. The topological polar surface area (TPSA) is 305 Å². The number of fused-ring (bicyclic) bond motifs is 1. The molecule has 4 aromatic heterocycles. The first-order chi connectivity index (χ1) is 68.6. The van der Waals surface area contributed by atoms with Crippen molar-refractivity contribution in [1.29, 1.82) is 0 Å². The largest absolute Gasteiger partial charge is 0.494 e. The number of benzene rings is 12. The molecule has 0 saturated carbocycles. The summed E-state index contributed by atoms with van der Waals surface area (Å²) in [4.78, 5) is 47.1. The van der Waals surface area contributed by atoms with Crippen molar-refractivity contribution in [3.63, 3.8) is 0 Å². The maximum absolute atomic E-state index is 12.2. The van der Waals surface area contributed by atoms with Crippen LogP contribution in [0, 0.1) is 76.0 Å². The Kier molecular flexibility index (Phi) is 42.3. The molecule has 0 saturated heterocycles. The molecule has 0 fully saturated rings. The first kappa shape index (κ1) is 111. The van der Waals surface area contributed by atoms with Gasteiger partial charge in [-0.3, -0.25) is 40.5 Å². The van der Waals surface area contributed by atoms with Crippen LogP contribution in [0.5, 0.6) is 34.5 Å². The van der Waals surface area contributed by atoms with E-state index in [1.807, 2.05) is 128 Å². The van der Waals surface area contributed by atoms with Crippen molar-refractivity contribution in [2.24, 2.45) is 8.73 Å². The zero-order valence-corrected chi connectivity index (χ0v) is 90.3. The van der Waals surface area contributed by atoms with E-state index in [4.69, 9.17) is 39.9 Å². The quantitative estimate of drug-likeness (QED) is 0.0164. The summed E-state index contributed by atoms with van der Waals surface area (Å²) in [6, 6.07) is 96.7. The van der Waals surface area contributed by atoms with Crippen LogP contribution in [0.15, 0.2) is 307 Å². The van der Waals surface area contributed by atoms with E-state index in [1.165, 1.54) is 22.5 Å². The van der Waals surface area contributed by atoms with Crippen molar-refractivity contribution < 1.29 is 104 Å². The second kappa shape index (κ2) is 54.9. The number of nitro groups is 4. The maximum atomic E-state index is 12.2. The zero-order valence-electron chi connectivity index (χ0n) is 78.9. The van der Waals surface area contributed by atoms with Crippen molar-refractivity contribution in [1.82, 2.24) is 0 Å². The van der Waals surface area contributed by atoms with Crippen molar-refractivity contribution >= 4 is 134 Å². The summed E-state index contributed by atoms with van der Waals surface area (Å²) in [6.45, 7) is 15.1. The fourth-order valence-electron chi connectivity index (χ4n) is 14.7. The Morgan fingerprint density at radius 1 is 0.271 bits per heavy atom. The Balaban J connectivity index is 0.000000191. The first-order valence-electron chi connectivity index (χ1n) is 45.0. The molecule has 5 heterocycles. The third-order valence-electron chi connectivity index (χ3n) is 22.2. The number of rotatable bonds is 34. The predicted octanol–water partition coefficient (Wildman–Crippen LogP) is 32.8. The van der Waals surface area contributed by atoms with E-state index in [0.717, 1.165) is 212 Å². The number of unbranched alkanes of at least 4 members (excludes halogenated alkanes) is 3. The molecule has 0 bridgehead atoms. The Labute approximate surface area is 907 Å². The minimum atomic E-state index is -0.788. The Hall–Kier alpha value is -13.3. The van der Waals surface area contributed by atoms with E-state index in [9.17, 15) is 40.5 Å². The van der Waals surface area contributed by atoms with Gasteiger partial charge in [0.1, 0.15) is 75.4 Å². The standard InChI is InChI=1S/C36H30N2O6S.C36H30N2O2S2.C36H34N2O2S.C4Br2N2O4S.3V/c1-3-5-23-43-31-19-15-27(16-20-31)25-7-11-29(12-8-25)35-33(37(39)40)34(38(41)42)36(45-35)30-13-9-26(10-14-30)28-17-21-32(22-18-28)44-24-6-4-2;1-3-5-23-39-31-19-15-27(16-20-31)25-7-11-29(12-8-25)35-33-34(38-42-37-33)36(41-35)30-13-9-26(10-14-30)28-17-21-32(22-18-28)40-24-6-4-2;1-3-5-23-39-31-19-15-27(16-20-31)25-7-11-29(12-8-25)35-33(37)34(38)36(41-35)30-13-9-26(10-14-30)28-17-21-32(22-18-28)40-24-6-4-2;5-3-1(7(9)10)2(8(11)12)4(6)13-3;;;/h7-22H,3,5,23-24H2,1-2H3;7-22H,3,5,23-24H2,1-2H3;7-22H,3,5,23-24,37-38H2,1-2H3;;;;. The van der Waals surface area contributed by atoms with Gasteiger partial charge in [0.25, 0.3) is 0 Å². The summed E-state index contributed by atoms with van der Waals surface area (Å²) in [6.07, 6.45) is 6.44. The predicted molar refractivity (Wildman–Crippen MR) is 583 cm³/mol. The van der Waals surface area contributed by atoms with Crippen LogP contribution in [-0.2, 0) is 67.0 Å². The summed E-state index contributed by atoms with van der Waals surface area (Å²) in [7, 11) is 0. The van der Waals surface area contributed by atoms with Gasteiger partial charge in [0.05, 0.1) is 81.8 Å². The number of nitrogen functional groups attached to an aromatic ring is 2. The maximum Gasteiger partial charge on any atom is 0.372 e. The third-order valence-corrected chi connectivity index (χ3v) is 29.1. The molecule has 22 nitrogen and oxygen atoms in total. The minimum Gasteiger partial charge on any atom is -0.494 e. The molecule has 1 aliphatic rings. The molecule has 144 heavy (non-hydrogen) atoms. The summed E-state index contributed by atoms with van der Waals surface area (Å²) in [5.41, 5.74) is 32.5. The van der Waals surface area contributed by atoms with Gasteiger partial charge in [0.15, 0.2) is 7.57 Å². The van der Waals surface area contributed by atoms with E-state index in [0.29, 0.717) is 54.7 Å². The number of ether oxygens (including phenoxy) is 6. The van der Waals surface area contributed by atoms with Crippen LogP contribution in [-0.4, -0.2) is 59.3 Å². The second-order valence-corrected chi connectivity index (χ2v) is 38.8. The van der Waals surface area contributed by atoms with Crippen LogP contribution in [0.1, 0.15) is 80.1 Å². The molecule has 32 heteroatoms. The van der Waals surface area contributed by atoms with Crippen LogP contribution in [0.4, 0.5) is 45.5 Å². The zero-order chi connectivity index (χ0) is 99.3. The van der Waals surface area contributed by atoms with Crippen molar-refractivity contribution in [3.05, 3.63) is 339 Å². The van der Waals surface area contributed by atoms with Crippen LogP contribution < -0.4 is 39.9 Å². The third kappa shape index (κ3) is 28.6. The van der Waals surface area contributed by atoms with Gasteiger partial charge in [-0.05, 0) is 245 Å². The van der Waals surface area contributed by atoms with E-state index >= 15 is 0 Å². The number of thiophene rings is 4. The fraction of sp³-hybridized carbons (Fsp3) is 0.161. The van der Waals surface area contributed by atoms with Gasteiger partial charge in [-0.1, -0.05) is 276 Å². The number of hydrogen-bond acceptors (Lipinski definition) is 22. The van der Waals surface area contributed by atoms with Crippen LogP contribution in [0.2, 0.25) is 0 Å². The number of hydrogen-bond donors (Lipinski definition) is 2. The van der Waals surface area contributed by atoms with Crippen LogP contribution >= 0.6 is 77.2 Å². The number of anilines is 2. The average molecular weight is 2250 g/mol. The molecule has 0 atom stereocenters. The van der Waals surface area contributed by atoms with Gasteiger partial charge in [0, 0.05) is 55.7 Å². The first-order valence-corrected chi connectivity index (χ1v) is 50.6. The van der Waals surface area contributed by atoms with E-state index < -0.39 is 42.4 Å². The molecule has 0 aliphatic carbocycles. The Morgan fingerprint density at radius 3 is 0.660 bits per heavy atom. The van der Waals surface area contributed by atoms with Gasteiger partial charge in [-0.15, -0.1) is 63.1 Å². The minimum absolute atomic E-state index is 0. The molecule has 12 aromatic carbocycles. The average Bonchev–Trinajstić information content (AvgIpc) is 1.61. The molecule has 0 unspecified atom stereocenters. The van der Waals surface area contributed by atoms with E-state index in [-0.39, 0.29) is 73.0 Å². The molecular formula is C112H94Br2N8O14S5V3. The van der Waals surface area contributed by atoms with Gasteiger partial charge in [-0.2, -0.15) is 8.73 Å². The molecule has 16 aromatic rings. The van der Waals surface area contributed by atoms with E-state index in [1.54, 1.807) is 60.8 Å². The van der Waals surface area contributed by atoms with Gasteiger partial charge < -0.3 is 39.9 Å². The SMILES string of the molecule is CC#CCOc1ccc(-c2ccc(-c3sc(-c4ccc(-c5ccc(OCCCC)cc5)cc4)c(N)c3N)cc2)cc1.CC#CCOc1ccc(-c2ccc(-c3sc(-c4ccc(-c5ccc(OCCCC)cc5)cc4)c([N+](=O)[O-])c3[N+](=O)[O-])cc2)cc1.CC#CCOc1ccc(-c2ccc(-c3sc(-c4ccc(-c5ccc(OCCCC)cc5)cc4)c4c3N=S=N4)cc2)cc1.O=[N+]([O-])c1c(Br)sc(Br)c1[N+](=O)[O-].[V].[V].[V]. The smallest absolute Gasteiger partial charge is 0.372 e. The molecule has 725 valence electrons. The normalized spacial score (nSPS) is 10.5. The Bertz CT molecular complexity index is 7340. The monoisotopic (exact) mass is 2250 g/mol. The fourth-order valence-corrected chi connectivity index (χ4v) is 22.0. The summed E-state index contributed by atoms with van der Waals surface area (Å²) in [5.74, 6) is 22.1. The second-order valence-electron chi connectivity index (χ2n) is 31.5. The summed E-state index contributed by atoms with van der Waals surface area (Å²) < 4.78 is 43.8. The molecule has 3 radical (unpaired) electrons. The molecule has 0 spiro atoms. The number of halogens is 2. The summed E-state index contributed by atoms with van der Waals surface area (Å²) in [5, 5.41) is 45.2.